The molecule has 0 radical (unpaired) electrons. The van der Waals surface area contributed by atoms with E-state index in [2.05, 4.69) is 10.6 Å². The monoisotopic (exact) mass is 537 g/mol. The van der Waals surface area contributed by atoms with Gasteiger partial charge in [-0.25, -0.2) is 4.79 Å². The average Bonchev–Trinajstić information content (AvgIpc) is 3.24. The first-order valence-electron chi connectivity index (χ1n) is 14.1. The highest BCUT2D eigenvalue weighted by Gasteiger charge is 2.39. The number of carbonyl (C=O) groups is 3. The third-order valence-corrected chi connectivity index (χ3v) is 8.17. The molecule has 210 valence electrons. The fourth-order valence-electron chi connectivity index (χ4n) is 5.77. The number of esters is 1. The number of aromatic nitrogens is 2. The van der Waals surface area contributed by atoms with Crippen molar-refractivity contribution in [3.63, 3.8) is 0 Å². The highest BCUT2D eigenvalue weighted by molar-refractivity contribution is 5.97. The molecule has 0 saturated carbocycles. The molecule has 1 aromatic carbocycles. The van der Waals surface area contributed by atoms with E-state index in [9.17, 15) is 14.4 Å². The number of hydrogen-bond acceptors (Lipinski definition) is 7. The topological polar surface area (TPSA) is 115 Å². The van der Waals surface area contributed by atoms with Crippen LogP contribution < -0.4 is 10.6 Å². The maximum Gasteiger partial charge on any atom is 0.338 e. The second-order valence-electron chi connectivity index (χ2n) is 11.1. The minimum atomic E-state index is -0.419. The minimum absolute atomic E-state index is 0.00632. The molecular weight excluding hydrogens is 498 g/mol. The fourth-order valence-corrected chi connectivity index (χ4v) is 5.77. The number of ether oxygens (including phenoxy) is 2. The molecule has 0 bridgehead atoms. The number of benzene rings is 1. The van der Waals surface area contributed by atoms with Gasteiger partial charge < -0.3 is 25.0 Å². The molecule has 2 saturated heterocycles. The van der Waals surface area contributed by atoms with Crippen molar-refractivity contribution in [1.82, 2.24) is 25.3 Å². The molecule has 2 fully saturated rings. The van der Waals surface area contributed by atoms with Gasteiger partial charge in [0, 0.05) is 64.0 Å². The molecule has 3 aliphatic heterocycles. The van der Waals surface area contributed by atoms with Crippen LogP contribution in [-0.4, -0.2) is 85.0 Å². The summed E-state index contributed by atoms with van der Waals surface area (Å²) >= 11 is 0. The molecule has 2 aromatic rings. The summed E-state index contributed by atoms with van der Waals surface area (Å²) in [6, 6.07) is 6.67. The Morgan fingerprint density at radius 1 is 1.13 bits per heavy atom. The van der Waals surface area contributed by atoms with Gasteiger partial charge in [-0.15, -0.1) is 0 Å². The molecule has 39 heavy (non-hydrogen) atoms. The Kier molecular flexibility index (Phi) is 8.32. The van der Waals surface area contributed by atoms with Crippen LogP contribution >= 0.6 is 0 Å². The van der Waals surface area contributed by atoms with Crippen molar-refractivity contribution >= 4 is 17.8 Å². The molecule has 10 nitrogen and oxygen atoms in total. The van der Waals surface area contributed by atoms with Crippen molar-refractivity contribution < 1.29 is 23.9 Å². The van der Waals surface area contributed by atoms with Crippen molar-refractivity contribution in [2.24, 2.45) is 11.3 Å². The van der Waals surface area contributed by atoms with Crippen molar-refractivity contribution in [2.75, 3.05) is 52.5 Å². The normalized spacial score (nSPS) is 19.6. The van der Waals surface area contributed by atoms with Crippen LogP contribution in [0.4, 0.5) is 0 Å². The summed E-state index contributed by atoms with van der Waals surface area (Å²) < 4.78 is 13.2. The first kappa shape index (κ1) is 27.3. The Hall–Kier alpha value is -3.24. The Bertz CT molecular complexity index is 1200. The van der Waals surface area contributed by atoms with Gasteiger partial charge in [-0.2, -0.15) is 5.10 Å². The molecule has 4 heterocycles. The molecule has 1 spiro atoms. The van der Waals surface area contributed by atoms with Crippen molar-refractivity contribution in [3.05, 3.63) is 52.3 Å². The van der Waals surface area contributed by atoms with Gasteiger partial charge in [0.2, 0.25) is 0 Å². The van der Waals surface area contributed by atoms with E-state index in [1.807, 2.05) is 23.4 Å². The summed E-state index contributed by atoms with van der Waals surface area (Å²) in [5, 5.41) is 11.2. The predicted molar refractivity (Wildman–Crippen MR) is 145 cm³/mol. The van der Waals surface area contributed by atoms with Crippen LogP contribution in [0.1, 0.15) is 69.2 Å². The Morgan fingerprint density at radius 3 is 2.51 bits per heavy atom. The lowest BCUT2D eigenvalue weighted by Crippen LogP contribution is -2.46. The number of nitrogens with zero attached hydrogens (tertiary/aromatic N) is 3. The molecular formula is C29H39N5O5. The molecule has 0 unspecified atom stereocenters. The van der Waals surface area contributed by atoms with Crippen LogP contribution in [0.25, 0.3) is 0 Å². The zero-order chi connectivity index (χ0) is 27.4. The minimum Gasteiger partial charge on any atom is -0.462 e. The second-order valence-corrected chi connectivity index (χ2v) is 11.1. The van der Waals surface area contributed by atoms with Crippen LogP contribution in [0.3, 0.4) is 0 Å². The molecule has 1 aromatic heterocycles. The Balaban J connectivity index is 1.22. The molecule has 1 atom stereocenters. The summed E-state index contributed by atoms with van der Waals surface area (Å²) in [5.41, 5.74) is 3.46. The van der Waals surface area contributed by atoms with E-state index >= 15 is 0 Å². The number of amides is 2. The summed E-state index contributed by atoms with van der Waals surface area (Å²) in [7, 11) is 0. The molecule has 2 amide bonds. The van der Waals surface area contributed by atoms with Gasteiger partial charge in [-0.1, -0.05) is 13.8 Å². The lowest BCUT2D eigenvalue weighted by atomic mass is 9.76. The highest BCUT2D eigenvalue weighted by atomic mass is 16.5. The quantitative estimate of drug-likeness (QED) is 0.520. The van der Waals surface area contributed by atoms with Crippen LogP contribution in [0.2, 0.25) is 0 Å². The maximum absolute atomic E-state index is 13.0. The summed E-state index contributed by atoms with van der Waals surface area (Å²) in [5.74, 6) is -0.495. The number of piperazine rings is 1. The van der Waals surface area contributed by atoms with E-state index in [0.717, 1.165) is 43.7 Å². The number of nitrogens with one attached hydrogen (secondary N) is 2. The summed E-state index contributed by atoms with van der Waals surface area (Å²) in [4.78, 5) is 40.3. The Labute approximate surface area is 229 Å². The molecule has 5 rings (SSSR count). The van der Waals surface area contributed by atoms with Crippen molar-refractivity contribution in [2.45, 2.75) is 46.1 Å². The zero-order valence-electron chi connectivity index (χ0n) is 23.0. The first-order valence-corrected chi connectivity index (χ1v) is 14.1. The molecule has 2 N–H and O–H groups in total. The van der Waals surface area contributed by atoms with E-state index in [1.54, 1.807) is 24.3 Å². The summed E-state index contributed by atoms with van der Waals surface area (Å²) in [6.45, 7) is 9.81. The third kappa shape index (κ3) is 6.01. The van der Waals surface area contributed by atoms with Gasteiger partial charge in [-0.3, -0.25) is 14.3 Å². The smallest absolute Gasteiger partial charge is 0.338 e. The standard InChI is InChI=1S/C29H39N5O5/c1-3-23-25-24(16-29(19-31-26(25)35)8-14-38-15-9-29)34(32-23)17-20(2)18-39-28(37)22-6-4-21(5-7-22)27(36)33-12-10-30-11-13-33/h4-7,20,30H,3,8-19H2,1-2H3,(H,31,35)/t20-/m1/s1. The predicted octanol–water partition coefficient (Wildman–Crippen LogP) is 2.07. The van der Waals surface area contributed by atoms with Gasteiger partial charge in [-0.05, 0) is 55.4 Å². The van der Waals surface area contributed by atoms with Gasteiger partial charge in [0.25, 0.3) is 11.8 Å². The lowest BCUT2D eigenvalue weighted by molar-refractivity contribution is 0.0151. The van der Waals surface area contributed by atoms with E-state index < -0.39 is 5.97 Å². The highest BCUT2D eigenvalue weighted by Crippen LogP contribution is 2.37. The Morgan fingerprint density at radius 2 is 1.82 bits per heavy atom. The van der Waals surface area contributed by atoms with Gasteiger partial charge in [0.15, 0.2) is 0 Å². The average molecular weight is 538 g/mol. The van der Waals surface area contributed by atoms with E-state index in [0.29, 0.717) is 62.5 Å². The lowest BCUT2D eigenvalue weighted by Gasteiger charge is -2.36. The van der Waals surface area contributed by atoms with Crippen molar-refractivity contribution in [1.29, 1.82) is 0 Å². The zero-order valence-corrected chi connectivity index (χ0v) is 23.0. The fraction of sp³-hybridized carbons (Fsp3) is 0.586. The van der Waals surface area contributed by atoms with E-state index in [1.165, 1.54) is 0 Å². The van der Waals surface area contributed by atoms with E-state index in [-0.39, 0.29) is 29.8 Å². The molecule has 3 aliphatic rings. The van der Waals surface area contributed by atoms with Crippen LogP contribution in [0, 0.1) is 11.3 Å². The number of carbonyl (C=O) groups excluding carboxylic acids is 3. The number of hydrogen-bond donors (Lipinski definition) is 2. The first-order chi connectivity index (χ1) is 18.9. The number of fused-ring (bicyclic) bond motifs is 1. The summed E-state index contributed by atoms with van der Waals surface area (Å²) in [6.07, 6.45) is 3.27. The number of rotatable bonds is 7. The van der Waals surface area contributed by atoms with Crippen LogP contribution in [0.15, 0.2) is 24.3 Å². The van der Waals surface area contributed by atoms with Crippen LogP contribution in [-0.2, 0) is 28.9 Å². The molecule has 0 aliphatic carbocycles. The SMILES string of the molecule is CCc1nn(C[C@@H](C)COC(=O)c2ccc(C(=O)N3CCNCC3)cc2)c2c1C(=O)NCC1(CCOCC1)C2. The van der Waals surface area contributed by atoms with E-state index in [4.69, 9.17) is 14.6 Å². The van der Waals surface area contributed by atoms with Gasteiger partial charge in [0.05, 0.1) is 29.1 Å². The van der Waals surface area contributed by atoms with Crippen molar-refractivity contribution in [3.8, 4) is 0 Å². The largest absolute Gasteiger partial charge is 0.462 e. The number of aryl methyl sites for hydroxylation is 1. The third-order valence-electron chi connectivity index (χ3n) is 8.17. The van der Waals surface area contributed by atoms with Gasteiger partial charge in [0.1, 0.15) is 0 Å². The van der Waals surface area contributed by atoms with Crippen LogP contribution in [0.5, 0.6) is 0 Å². The van der Waals surface area contributed by atoms with Gasteiger partial charge >= 0.3 is 5.97 Å². The second kappa shape index (κ2) is 11.9. The molecule has 10 heteroatoms. The maximum atomic E-state index is 13.0.